The summed E-state index contributed by atoms with van der Waals surface area (Å²) >= 11 is 3.26. The number of anilines is 1. The van der Waals surface area contributed by atoms with Gasteiger partial charge in [-0.25, -0.2) is 9.78 Å². The maximum atomic E-state index is 11.0. The van der Waals surface area contributed by atoms with E-state index in [1.807, 2.05) is 6.92 Å². The van der Waals surface area contributed by atoms with Crippen LogP contribution in [0, 0.1) is 0 Å². The van der Waals surface area contributed by atoms with Crippen molar-refractivity contribution in [2.24, 2.45) is 0 Å². The molecule has 2 rings (SSSR count). The van der Waals surface area contributed by atoms with E-state index < -0.39 is 6.09 Å². The molecule has 0 radical (unpaired) electrons. The van der Waals surface area contributed by atoms with Crippen LogP contribution in [0.1, 0.15) is 6.92 Å². The number of fused-ring (bicyclic) bond motifs is 1. The van der Waals surface area contributed by atoms with Gasteiger partial charge in [0.2, 0.25) is 0 Å². The Morgan fingerprint density at radius 2 is 2.53 bits per heavy atom. The highest BCUT2D eigenvalue weighted by Crippen LogP contribution is 2.33. The number of aromatic nitrogens is 1. The van der Waals surface area contributed by atoms with E-state index in [4.69, 9.17) is 9.84 Å². The van der Waals surface area contributed by atoms with Gasteiger partial charge in [-0.3, -0.25) is 4.90 Å². The lowest BCUT2D eigenvalue weighted by molar-refractivity contribution is 0.180. The maximum Gasteiger partial charge on any atom is 0.413 e. The molecule has 0 saturated carbocycles. The van der Waals surface area contributed by atoms with E-state index in [2.05, 4.69) is 20.9 Å². The Bertz CT molecular complexity index is 410. The van der Waals surface area contributed by atoms with Gasteiger partial charge in [-0.1, -0.05) is 0 Å². The highest BCUT2D eigenvalue weighted by Gasteiger charge is 2.28. The number of hydrogen-bond donors (Lipinski definition) is 1. The number of carboxylic acid groups (broad SMARTS) is 1. The van der Waals surface area contributed by atoms with E-state index in [9.17, 15) is 4.79 Å². The van der Waals surface area contributed by atoms with Crippen molar-refractivity contribution in [3.05, 3.63) is 16.7 Å². The van der Waals surface area contributed by atoms with E-state index in [1.165, 1.54) is 4.90 Å². The second kappa shape index (κ2) is 3.69. The van der Waals surface area contributed by atoms with Crippen molar-refractivity contribution in [1.82, 2.24) is 4.98 Å². The molecule has 1 unspecified atom stereocenters. The SMILES string of the molecule is CC1CN(C(=O)O)c2ncc(Br)cc2O1. The van der Waals surface area contributed by atoms with Gasteiger partial charge in [-0.15, -0.1) is 0 Å². The highest BCUT2D eigenvalue weighted by atomic mass is 79.9. The van der Waals surface area contributed by atoms with E-state index in [1.54, 1.807) is 12.3 Å². The van der Waals surface area contributed by atoms with Crippen molar-refractivity contribution in [3.63, 3.8) is 0 Å². The molecule has 0 aliphatic carbocycles. The minimum Gasteiger partial charge on any atom is -0.485 e. The van der Waals surface area contributed by atoms with E-state index in [-0.39, 0.29) is 6.10 Å². The van der Waals surface area contributed by atoms with Crippen LogP contribution in [0.15, 0.2) is 16.7 Å². The first-order chi connectivity index (χ1) is 7.08. The quantitative estimate of drug-likeness (QED) is 0.786. The third-order valence-corrected chi connectivity index (χ3v) is 2.49. The molecule has 2 heterocycles. The number of ether oxygens (including phenoxy) is 1. The topological polar surface area (TPSA) is 62.7 Å². The van der Waals surface area contributed by atoms with Crippen LogP contribution in [0.4, 0.5) is 10.6 Å². The number of halogens is 1. The van der Waals surface area contributed by atoms with E-state index in [0.29, 0.717) is 18.1 Å². The Balaban J connectivity index is 2.46. The molecule has 0 aromatic carbocycles. The molecule has 1 atom stereocenters. The predicted molar refractivity (Wildman–Crippen MR) is 57.4 cm³/mol. The fourth-order valence-corrected chi connectivity index (χ4v) is 1.78. The van der Waals surface area contributed by atoms with Crippen molar-refractivity contribution in [2.45, 2.75) is 13.0 Å². The number of amides is 1. The molecule has 1 aliphatic heterocycles. The Morgan fingerprint density at radius 1 is 1.80 bits per heavy atom. The standard InChI is InChI=1S/C9H9BrN2O3/c1-5-4-12(9(13)14)8-7(15-5)2-6(10)3-11-8/h2-3,5H,4H2,1H3,(H,13,14). The van der Waals surface area contributed by atoms with Crippen molar-refractivity contribution >= 4 is 27.8 Å². The lowest BCUT2D eigenvalue weighted by Crippen LogP contribution is -2.42. The van der Waals surface area contributed by atoms with Crippen LogP contribution in [0.2, 0.25) is 0 Å². The van der Waals surface area contributed by atoms with Gasteiger partial charge >= 0.3 is 6.09 Å². The molecule has 1 amide bonds. The normalized spacial score (nSPS) is 19.3. The monoisotopic (exact) mass is 272 g/mol. The molecule has 1 aliphatic rings. The van der Waals surface area contributed by atoms with Crippen LogP contribution in [0.25, 0.3) is 0 Å². The zero-order valence-corrected chi connectivity index (χ0v) is 9.56. The first-order valence-corrected chi connectivity index (χ1v) is 5.20. The smallest absolute Gasteiger partial charge is 0.413 e. The fraction of sp³-hybridized carbons (Fsp3) is 0.333. The zero-order chi connectivity index (χ0) is 11.0. The average molecular weight is 273 g/mol. The third-order valence-electron chi connectivity index (χ3n) is 2.05. The molecule has 15 heavy (non-hydrogen) atoms. The first-order valence-electron chi connectivity index (χ1n) is 4.40. The Kier molecular flexibility index (Phi) is 2.52. The summed E-state index contributed by atoms with van der Waals surface area (Å²) in [6.07, 6.45) is 0.375. The molecule has 1 aromatic rings. The third kappa shape index (κ3) is 1.90. The zero-order valence-electron chi connectivity index (χ0n) is 7.98. The minimum atomic E-state index is -1.01. The van der Waals surface area contributed by atoms with Gasteiger partial charge in [-0.2, -0.15) is 0 Å². The molecule has 0 spiro atoms. The Hall–Kier alpha value is -1.30. The minimum absolute atomic E-state index is 0.162. The summed E-state index contributed by atoms with van der Waals surface area (Å²) in [7, 11) is 0. The number of hydrogen-bond acceptors (Lipinski definition) is 3. The summed E-state index contributed by atoms with van der Waals surface area (Å²) in [6, 6.07) is 1.72. The maximum absolute atomic E-state index is 11.0. The van der Waals surface area contributed by atoms with Crippen molar-refractivity contribution in [3.8, 4) is 5.75 Å². The summed E-state index contributed by atoms with van der Waals surface area (Å²) in [5, 5.41) is 8.99. The summed E-state index contributed by atoms with van der Waals surface area (Å²) < 4.78 is 6.26. The molecule has 1 N–H and O–H groups in total. The Morgan fingerprint density at radius 3 is 3.20 bits per heavy atom. The summed E-state index contributed by atoms with van der Waals surface area (Å²) in [5.74, 6) is 0.842. The van der Waals surface area contributed by atoms with Crippen molar-refractivity contribution in [2.75, 3.05) is 11.4 Å². The van der Waals surface area contributed by atoms with Gasteiger partial charge in [0.05, 0.1) is 6.54 Å². The Labute approximate surface area is 94.8 Å². The molecule has 1 aromatic heterocycles. The van der Waals surface area contributed by atoms with Gasteiger partial charge in [0.1, 0.15) is 6.10 Å². The second-order valence-electron chi connectivity index (χ2n) is 3.30. The lowest BCUT2D eigenvalue weighted by atomic mass is 10.3. The molecular formula is C9H9BrN2O3. The van der Waals surface area contributed by atoms with Gasteiger partial charge in [-0.05, 0) is 28.9 Å². The molecule has 5 nitrogen and oxygen atoms in total. The molecule has 80 valence electrons. The van der Waals surface area contributed by atoms with Crippen LogP contribution < -0.4 is 9.64 Å². The fourth-order valence-electron chi connectivity index (χ4n) is 1.47. The van der Waals surface area contributed by atoms with Crippen LogP contribution in [-0.4, -0.2) is 28.8 Å². The molecule has 0 fully saturated rings. The number of rotatable bonds is 0. The molecule has 0 saturated heterocycles. The predicted octanol–water partition coefficient (Wildman–Crippen LogP) is 2.11. The number of nitrogens with zero attached hydrogens (tertiary/aromatic N) is 2. The first kappa shape index (κ1) is 10.2. The van der Waals surface area contributed by atoms with Crippen molar-refractivity contribution in [1.29, 1.82) is 0 Å². The van der Waals surface area contributed by atoms with Crippen LogP contribution in [-0.2, 0) is 0 Å². The second-order valence-corrected chi connectivity index (χ2v) is 4.21. The highest BCUT2D eigenvalue weighted by molar-refractivity contribution is 9.10. The summed E-state index contributed by atoms with van der Waals surface area (Å²) in [4.78, 5) is 16.2. The number of pyridine rings is 1. The van der Waals surface area contributed by atoms with E-state index in [0.717, 1.165) is 4.47 Å². The van der Waals surface area contributed by atoms with Crippen LogP contribution in [0.5, 0.6) is 5.75 Å². The number of carbonyl (C=O) groups is 1. The van der Waals surface area contributed by atoms with Gasteiger partial charge < -0.3 is 9.84 Å². The van der Waals surface area contributed by atoms with Crippen LogP contribution in [0.3, 0.4) is 0 Å². The van der Waals surface area contributed by atoms with Crippen molar-refractivity contribution < 1.29 is 14.6 Å². The largest absolute Gasteiger partial charge is 0.485 e. The summed E-state index contributed by atoms with van der Waals surface area (Å²) in [6.45, 7) is 2.12. The summed E-state index contributed by atoms with van der Waals surface area (Å²) in [5.41, 5.74) is 0. The van der Waals surface area contributed by atoms with Gasteiger partial charge in [0.25, 0.3) is 0 Å². The molecule has 6 heteroatoms. The average Bonchev–Trinajstić information content (AvgIpc) is 2.15. The molecular weight excluding hydrogens is 264 g/mol. The van der Waals surface area contributed by atoms with E-state index >= 15 is 0 Å². The van der Waals surface area contributed by atoms with Crippen LogP contribution >= 0.6 is 15.9 Å². The van der Waals surface area contributed by atoms with Gasteiger partial charge in [0.15, 0.2) is 11.6 Å². The molecule has 0 bridgehead atoms. The van der Waals surface area contributed by atoms with Gasteiger partial charge in [0, 0.05) is 10.7 Å². The lowest BCUT2D eigenvalue weighted by Gasteiger charge is -2.30.